The molecule has 1 amide bonds. The van der Waals surface area contributed by atoms with E-state index in [4.69, 9.17) is 35.4 Å². The molecule has 1 aliphatic heterocycles. The standard InChI is InChI=1S/C25H16Cl2N2OS2/c26-18-11-10-16(21(27)13-18)14-28-15-17(20-8-4-5-9-22(20)28)12-23-24(30)29(25(31)32-23)19-6-2-1-3-7-19/h1-13,15H,14H2/b23-12+. The van der Waals surface area contributed by atoms with E-state index in [1.54, 1.807) is 11.0 Å². The molecule has 5 rings (SSSR count). The van der Waals surface area contributed by atoms with Crippen LogP contribution in [-0.2, 0) is 11.3 Å². The van der Waals surface area contributed by atoms with E-state index < -0.39 is 0 Å². The number of hydrogen-bond acceptors (Lipinski definition) is 3. The minimum absolute atomic E-state index is 0.108. The van der Waals surface area contributed by atoms with E-state index in [0.717, 1.165) is 27.7 Å². The molecule has 0 atom stereocenters. The number of thiocarbonyl (C=S) groups is 1. The number of carbonyl (C=O) groups is 1. The number of hydrogen-bond donors (Lipinski definition) is 0. The van der Waals surface area contributed by atoms with Crippen molar-refractivity contribution in [3.63, 3.8) is 0 Å². The summed E-state index contributed by atoms with van der Waals surface area (Å²) in [6.45, 7) is 0.593. The maximum absolute atomic E-state index is 13.1. The zero-order chi connectivity index (χ0) is 22.2. The summed E-state index contributed by atoms with van der Waals surface area (Å²) < 4.78 is 2.66. The van der Waals surface area contributed by atoms with Crippen molar-refractivity contribution in [3.05, 3.63) is 105 Å². The Balaban J connectivity index is 1.53. The quantitative estimate of drug-likeness (QED) is 0.218. The van der Waals surface area contributed by atoms with E-state index in [1.165, 1.54) is 11.8 Å². The highest BCUT2D eigenvalue weighted by atomic mass is 35.5. The zero-order valence-corrected chi connectivity index (χ0v) is 19.8. The molecule has 4 aromatic rings. The zero-order valence-electron chi connectivity index (χ0n) is 16.7. The minimum atomic E-state index is -0.108. The maximum atomic E-state index is 13.1. The van der Waals surface area contributed by atoms with Gasteiger partial charge in [-0.05, 0) is 42.0 Å². The Bertz CT molecular complexity index is 1400. The molecular weight excluding hydrogens is 479 g/mol. The lowest BCUT2D eigenvalue weighted by molar-refractivity contribution is -0.113. The van der Waals surface area contributed by atoms with Crippen LogP contribution >= 0.6 is 47.2 Å². The van der Waals surface area contributed by atoms with Gasteiger partial charge in [0.05, 0.1) is 10.6 Å². The highest BCUT2D eigenvalue weighted by Gasteiger charge is 2.33. The number of anilines is 1. The van der Waals surface area contributed by atoms with Crippen LogP contribution in [0.2, 0.25) is 10.0 Å². The molecule has 0 radical (unpaired) electrons. The first kappa shape index (κ1) is 21.3. The number of halogens is 2. The lowest BCUT2D eigenvalue weighted by Gasteiger charge is -2.13. The summed E-state index contributed by atoms with van der Waals surface area (Å²) in [5.74, 6) is -0.108. The van der Waals surface area contributed by atoms with Crippen molar-refractivity contribution in [3.8, 4) is 0 Å². The minimum Gasteiger partial charge on any atom is -0.342 e. The first-order valence-electron chi connectivity index (χ1n) is 9.86. The molecule has 2 heterocycles. The van der Waals surface area contributed by atoms with Crippen molar-refractivity contribution in [1.29, 1.82) is 0 Å². The summed E-state index contributed by atoms with van der Waals surface area (Å²) in [7, 11) is 0. The fourth-order valence-electron chi connectivity index (χ4n) is 3.76. The summed E-state index contributed by atoms with van der Waals surface area (Å²) >= 11 is 19.3. The lowest BCUT2D eigenvalue weighted by atomic mass is 10.1. The van der Waals surface area contributed by atoms with Crippen LogP contribution in [0.4, 0.5) is 5.69 Å². The monoisotopic (exact) mass is 494 g/mol. The highest BCUT2D eigenvalue weighted by molar-refractivity contribution is 8.27. The molecule has 0 N–H and O–H groups in total. The number of thioether (sulfide) groups is 1. The summed E-state index contributed by atoms with van der Waals surface area (Å²) in [5, 5.41) is 2.29. The third-order valence-electron chi connectivity index (χ3n) is 5.27. The van der Waals surface area contributed by atoms with Crippen LogP contribution < -0.4 is 4.90 Å². The highest BCUT2D eigenvalue weighted by Crippen LogP contribution is 2.37. The second-order valence-electron chi connectivity index (χ2n) is 7.32. The first-order valence-corrected chi connectivity index (χ1v) is 11.8. The van der Waals surface area contributed by atoms with E-state index in [2.05, 4.69) is 16.7 Å². The molecule has 1 fully saturated rings. The van der Waals surface area contributed by atoms with Gasteiger partial charge in [-0.1, -0.05) is 89.6 Å². The van der Waals surface area contributed by atoms with E-state index in [-0.39, 0.29) is 5.91 Å². The summed E-state index contributed by atoms with van der Waals surface area (Å²) in [6.07, 6.45) is 3.97. The normalized spacial score (nSPS) is 15.3. The molecule has 1 aromatic heterocycles. The van der Waals surface area contributed by atoms with Gasteiger partial charge in [0.2, 0.25) is 0 Å². The molecule has 0 spiro atoms. The van der Waals surface area contributed by atoms with Gasteiger partial charge in [0, 0.05) is 39.3 Å². The molecule has 0 unspecified atom stereocenters. The van der Waals surface area contributed by atoms with Gasteiger partial charge in [0.1, 0.15) is 0 Å². The molecule has 0 bridgehead atoms. The van der Waals surface area contributed by atoms with Crippen LogP contribution in [0.5, 0.6) is 0 Å². The first-order chi connectivity index (χ1) is 15.5. The van der Waals surface area contributed by atoms with Crippen molar-refractivity contribution in [2.75, 3.05) is 4.90 Å². The Kier molecular flexibility index (Phi) is 5.82. The van der Waals surface area contributed by atoms with Crippen LogP contribution in [0.1, 0.15) is 11.1 Å². The number of amides is 1. The number of benzene rings is 3. The van der Waals surface area contributed by atoms with Crippen molar-refractivity contribution in [2.45, 2.75) is 6.54 Å². The fourth-order valence-corrected chi connectivity index (χ4v) is 5.52. The fraction of sp³-hybridized carbons (Fsp3) is 0.0400. The van der Waals surface area contributed by atoms with Crippen molar-refractivity contribution in [1.82, 2.24) is 4.57 Å². The Morgan fingerprint density at radius 2 is 1.72 bits per heavy atom. The number of para-hydroxylation sites is 2. The Hall–Kier alpha value is -2.57. The Morgan fingerprint density at radius 1 is 0.969 bits per heavy atom. The van der Waals surface area contributed by atoms with Gasteiger partial charge in [-0.15, -0.1) is 0 Å². The predicted octanol–water partition coefficient (Wildman–Crippen LogP) is 7.40. The summed E-state index contributed by atoms with van der Waals surface area (Å²) in [6, 6.07) is 23.1. The van der Waals surface area contributed by atoms with Gasteiger partial charge in [-0.2, -0.15) is 0 Å². The molecule has 7 heteroatoms. The predicted molar refractivity (Wildman–Crippen MR) is 140 cm³/mol. The molecule has 0 aliphatic carbocycles. The van der Waals surface area contributed by atoms with Crippen LogP contribution in [-0.4, -0.2) is 14.8 Å². The van der Waals surface area contributed by atoms with Crippen LogP contribution in [0.3, 0.4) is 0 Å². The van der Waals surface area contributed by atoms with Gasteiger partial charge in [0.15, 0.2) is 4.32 Å². The smallest absolute Gasteiger partial charge is 0.270 e. The van der Waals surface area contributed by atoms with Crippen molar-refractivity contribution in [2.24, 2.45) is 0 Å². The van der Waals surface area contributed by atoms with Gasteiger partial charge in [-0.3, -0.25) is 9.69 Å². The second kappa shape index (κ2) is 8.75. The van der Waals surface area contributed by atoms with E-state index in [1.807, 2.05) is 66.9 Å². The molecule has 158 valence electrons. The lowest BCUT2D eigenvalue weighted by Crippen LogP contribution is -2.27. The second-order valence-corrected chi connectivity index (χ2v) is 9.84. The van der Waals surface area contributed by atoms with Crippen molar-refractivity contribution >= 4 is 80.1 Å². The summed E-state index contributed by atoms with van der Waals surface area (Å²) in [4.78, 5) is 15.3. The number of carbonyl (C=O) groups excluding carboxylic acids is 1. The molecule has 3 aromatic carbocycles. The average molecular weight is 495 g/mol. The van der Waals surface area contributed by atoms with E-state index >= 15 is 0 Å². The van der Waals surface area contributed by atoms with Crippen LogP contribution in [0, 0.1) is 0 Å². The summed E-state index contributed by atoms with van der Waals surface area (Å²) in [5.41, 5.74) is 3.76. The maximum Gasteiger partial charge on any atom is 0.270 e. The van der Waals surface area contributed by atoms with Crippen molar-refractivity contribution < 1.29 is 4.79 Å². The molecule has 0 saturated carbocycles. The Labute approximate surface area is 205 Å². The Morgan fingerprint density at radius 3 is 2.50 bits per heavy atom. The third-order valence-corrected chi connectivity index (χ3v) is 7.16. The number of fused-ring (bicyclic) bond motifs is 1. The third kappa shape index (κ3) is 3.97. The molecule has 1 saturated heterocycles. The number of nitrogens with zero attached hydrogens (tertiary/aromatic N) is 2. The number of rotatable bonds is 4. The van der Waals surface area contributed by atoms with Gasteiger partial charge in [-0.25, -0.2) is 0 Å². The SMILES string of the molecule is O=C1/C(=C\c2cn(Cc3ccc(Cl)cc3Cl)c3ccccc23)SC(=S)N1c1ccccc1. The molecular formula is C25H16Cl2N2OS2. The number of aromatic nitrogens is 1. The molecule has 3 nitrogen and oxygen atoms in total. The van der Waals surface area contributed by atoms with Gasteiger partial charge in [0.25, 0.3) is 5.91 Å². The van der Waals surface area contributed by atoms with E-state index in [9.17, 15) is 4.79 Å². The van der Waals surface area contributed by atoms with Gasteiger partial charge >= 0.3 is 0 Å². The largest absolute Gasteiger partial charge is 0.342 e. The molecule has 32 heavy (non-hydrogen) atoms. The van der Waals surface area contributed by atoms with E-state index in [0.29, 0.717) is 25.8 Å². The average Bonchev–Trinajstić information content (AvgIpc) is 3.27. The topological polar surface area (TPSA) is 25.2 Å². The van der Waals surface area contributed by atoms with Crippen LogP contribution in [0.25, 0.3) is 17.0 Å². The molecule has 1 aliphatic rings. The van der Waals surface area contributed by atoms with Crippen LogP contribution in [0.15, 0.2) is 83.9 Å². The van der Waals surface area contributed by atoms with Gasteiger partial charge < -0.3 is 4.57 Å².